The average molecular weight is 281 g/mol. The smallest absolute Gasteiger partial charge is 0.123 e. The van der Waals surface area contributed by atoms with Gasteiger partial charge in [-0.25, -0.2) is 9.07 Å². The number of benzene rings is 2. The molecule has 0 radical (unpaired) electrons. The normalized spacial score (nSPS) is 12.3. The summed E-state index contributed by atoms with van der Waals surface area (Å²) >= 11 is 0. The van der Waals surface area contributed by atoms with Gasteiger partial charge in [0.2, 0.25) is 0 Å². The second-order valence-electron chi connectivity index (χ2n) is 5.03. The molecule has 0 amide bonds. The van der Waals surface area contributed by atoms with Crippen molar-refractivity contribution in [3.63, 3.8) is 0 Å². The lowest BCUT2D eigenvalue weighted by atomic mass is 10.1. The molecule has 0 fully saturated rings. The number of halogens is 1. The van der Waals surface area contributed by atoms with Crippen molar-refractivity contribution >= 4 is 0 Å². The zero-order chi connectivity index (χ0) is 14.8. The van der Waals surface area contributed by atoms with Gasteiger partial charge in [-0.2, -0.15) is 5.10 Å². The first-order valence-electron chi connectivity index (χ1n) is 6.80. The molecule has 0 bridgehead atoms. The van der Waals surface area contributed by atoms with Gasteiger partial charge in [0.25, 0.3) is 0 Å². The minimum Gasteiger partial charge on any atom is -0.324 e. The molecule has 0 saturated carbocycles. The third-order valence-corrected chi connectivity index (χ3v) is 3.42. The standard InChI is InChI=1S/C17H16FN3/c1-12(19)16-9-15(18)7-8-17(16)21-11-14(10-20-21)13-5-3-2-4-6-13/h2-12H,19H2,1H3/t12-/m0/s1. The Balaban J connectivity index is 2.05. The maximum atomic E-state index is 13.4. The molecule has 0 unspecified atom stereocenters. The molecule has 21 heavy (non-hydrogen) atoms. The molecule has 106 valence electrons. The molecule has 3 rings (SSSR count). The summed E-state index contributed by atoms with van der Waals surface area (Å²) < 4.78 is 15.1. The zero-order valence-corrected chi connectivity index (χ0v) is 11.7. The number of rotatable bonds is 3. The van der Waals surface area contributed by atoms with Gasteiger partial charge in [-0.3, -0.25) is 0 Å². The van der Waals surface area contributed by atoms with Gasteiger partial charge >= 0.3 is 0 Å². The molecule has 0 aliphatic heterocycles. The van der Waals surface area contributed by atoms with Crippen molar-refractivity contribution in [3.8, 4) is 16.8 Å². The van der Waals surface area contributed by atoms with Crippen molar-refractivity contribution < 1.29 is 4.39 Å². The minimum atomic E-state index is -0.290. The van der Waals surface area contributed by atoms with Gasteiger partial charge in [0.05, 0.1) is 11.9 Å². The largest absolute Gasteiger partial charge is 0.324 e. The lowest BCUT2D eigenvalue weighted by Gasteiger charge is -2.12. The SMILES string of the molecule is C[C@H](N)c1cc(F)ccc1-n1cc(-c2ccccc2)cn1. The van der Waals surface area contributed by atoms with Crippen molar-refractivity contribution in [3.05, 3.63) is 72.3 Å². The molecule has 0 spiro atoms. The Bertz CT molecular complexity index is 748. The summed E-state index contributed by atoms with van der Waals surface area (Å²) in [6.45, 7) is 1.83. The Labute approximate surface area is 122 Å². The van der Waals surface area contributed by atoms with Crippen LogP contribution >= 0.6 is 0 Å². The Morgan fingerprint density at radius 3 is 2.57 bits per heavy atom. The Morgan fingerprint density at radius 2 is 1.86 bits per heavy atom. The fourth-order valence-corrected chi connectivity index (χ4v) is 2.33. The van der Waals surface area contributed by atoms with E-state index in [4.69, 9.17) is 5.73 Å². The van der Waals surface area contributed by atoms with Crippen molar-refractivity contribution in [2.24, 2.45) is 5.73 Å². The monoisotopic (exact) mass is 281 g/mol. The molecular formula is C17H16FN3. The number of nitrogens with zero attached hydrogens (tertiary/aromatic N) is 2. The summed E-state index contributed by atoms with van der Waals surface area (Å²) in [6.07, 6.45) is 3.72. The fraction of sp³-hybridized carbons (Fsp3) is 0.118. The maximum Gasteiger partial charge on any atom is 0.123 e. The molecular weight excluding hydrogens is 265 g/mol. The van der Waals surface area contributed by atoms with E-state index in [-0.39, 0.29) is 11.9 Å². The van der Waals surface area contributed by atoms with Gasteiger partial charge in [0, 0.05) is 17.8 Å². The quantitative estimate of drug-likeness (QED) is 0.795. The number of nitrogens with two attached hydrogens (primary N) is 1. The van der Waals surface area contributed by atoms with E-state index in [1.165, 1.54) is 12.1 Å². The summed E-state index contributed by atoms with van der Waals surface area (Å²) in [7, 11) is 0. The summed E-state index contributed by atoms with van der Waals surface area (Å²) in [4.78, 5) is 0. The Kier molecular flexibility index (Phi) is 3.54. The van der Waals surface area contributed by atoms with E-state index in [1.54, 1.807) is 16.9 Å². The van der Waals surface area contributed by atoms with Gasteiger partial charge < -0.3 is 5.73 Å². The molecule has 2 aromatic carbocycles. The van der Waals surface area contributed by atoms with Crippen LogP contribution in [0.25, 0.3) is 16.8 Å². The molecule has 4 heteroatoms. The van der Waals surface area contributed by atoms with Crippen molar-refractivity contribution in [2.45, 2.75) is 13.0 Å². The van der Waals surface area contributed by atoms with E-state index in [0.717, 1.165) is 22.4 Å². The molecule has 3 nitrogen and oxygen atoms in total. The third kappa shape index (κ3) is 2.71. The molecule has 0 aliphatic rings. The summed E-state index contributed by atoms with van der Waals surface area (Å²) in [5.74, 6) is -0.290. The molecule has 3 aromatic rings. The highest BCUT2D eigenvalue weighted by atomic mass is 19.1. The molecule has 2 N–H and O–H groups in total. The highest BCUT2D eigenvalue weighted by Crippen LogP contribution is 2.24. The Hall–Kier alpha value is -2.46. The Morgan fingerprint density at radius 1 is 1.10 bits per heavy atom. The van der Waals surface area contributed by atoms with Gasteiger partial charge in [-0.05, 0) is 36.2 Å². The van der Waals surface area contributed by atoms with E-state index in [0.29, 0.717) is 0 Å². The summed E-state index contributed by atoms with van der Waals surface area (Å²) in [6, 6.07) is 14.3. The van der Waals surface area contributed by atoms with E-state index in [9.17, 15) is 4.39 Å². The van der Waals surface area contributed by atoms with Crippen molar-refractivity contribution in [1.29, 1.82) is 0 Å². The second kappa shape index (κ2) is 5.50. The number of hydrogen-bond donors (Lipinski definition) is 1. The second-order valence-corrected chi connectivity index (χ2v) is 5.03. The first kappa shape index (κ1) is 13.5. The van der Waals surface area contributed by atoms with Crippen LogP contribution in [0.5, 0.6) is 0 Å². The molecule has 1 atom stereocenters. The fourth-order valence-electron chi connectivity index (χ4n) is 2.33. The maximum absolute atomic E-state index is 13.4. The molecule has 0 aliphatic carbocycles. The minimum absolute atomic E-state index is 0.264. The molecule has 1 aromatic heterocycles. The van der Waals surface area contributed by atoms with Crippen LogP contribution in [0.4, 0.5) is 4.39 Å². The van der Waals surface area contributed by atoms with Crippen molar-refractivity contribution in [2.75, 3.05) is 0 Å². The number of aromatic nitrogens is 2. The predicted octanol–water partition coefficient (Wildman–Crippen LogP) is 3.70. The molecule has 0 saturated heterocycles. The van der Waals surface area contributed by atoms with Crippen LogP contribution < -0.4 is 5.73 Å². The predicted molar refractivity (Wildman–Crippen MR) is 81.6 cm³/mol. The lowest BCUT2D eigenvalue weighted by molar-refractivity contribution is 0.620. The lowest BCUT2D eigenvalue weighted by Crippen LogP contribution is -2.10. The van der Waals surface area contributed by atoms with Crippen molar-refractivity contribution in [1.82, 2.24) is 9.78 Å². The summed E-state index contributed by atoms with van der Waals surface area (Å²) in [5, 5.41) is 4.37. The topological polar surface area (TPSA) is 43.8 Å². The van der Waals surface area contributed by atoms with Gasteiger partial charge in [0.1, 0.15) is 5.82 Å². The van der Waals surface area contributed by atoms with E-state index in [2.05, 4.69) is 5.10 Å². The third-order valence-electron chi connectivity index (χ3n) is 3.42. The zero-order valence-electron chi connectivity index (χ0n) is 11.7. The highest BCUT2D eigenvalue weighted by Gasteiger charge is 2.11. The highest BCUT2D eigenvalue weighted by molar-refractivity contribution is 5.62. The number of hydrogen-bond acceptors (Lipinski definition) is 2. The van der Waals surface area contributed by atoms with E-state index < -0.39 is 0 Å². The van der Waals surface area contributed by atoms with Gasteiger partial charge in [0.15, 0.2) is 0 Å². The van der Waals surface area contributed by atoms with Crippen LogP contribution in [0.15, 0.2) is 60.9 Å². The van der Waals surface area contributed by atoms with Crippen LogP contribution in [0, 0.1) is 5.82 Å². The molecule has 1 heterocycles. The van der Waals surface area contributed by atoms with Crippen LogP contribution in [0.1, 0.15) is 18.5 Å². The van der Waals surface area contributed by atoms with Crippen LogP contribution in [0.2, 0.25) is 0 Å². The van der Waals surface area contributed by atoms with E-state index >= 15 is 0 Å². The van der Waals surface area contributed by atoms with Gasteiger partial charge in [-0.1, -0.05) is 30.3 Å². The van der Waals surface area contributed by atoms with Crippen LogP contribution in [-0.4, -0.2) is 9.78 Å². The summed E-state index contributed by atoms with van der Waals surface area (Å²) in [5.41, 5.74) is 9.57. The van der Waals surface area contributed by atoms with Crippen LogP contribution in [-0.2, 0) is 0 Å². The first-order valence-corrected chi connectivity index (χ1v) is 6.80. The van der Waals surface area contributed by atoms with Crippen LogP contribution in [0.3, 0.4) is 0 Å². The first-order chi connectivity index (χ1) is 10.1. The van der Waals surface area contributed by atoms with E-state index in [1.807, 2.05) is 43.5 Å². The van der Waals surface area contributed by atoms with Gasteiger partial charge in [-0.15, -0.1) is 0 Å². The average Bonchev–Trinajstić information content (AvgIpc) is 2.97.